The van der Waals surface area contributed by atoms with E-state index in [1.807, 2.05) is 31.3 Å². The van der Waals surface area contributed by atoms with E-state index in [0.717, 1.165) is 0 Å². The Kier molecular flexibility index (Phi) is 5.03. The number of phenols is 2. The van der Waals surface area contributed by atoms with E-state index in [9.17, 15) is 24.6 Å². The molecule has 10 nitrogen and oxygen atoms in total. The molecular formula is C26H24N4O6. The Morgan fingerprint density at radius 1 is 1.17 bits per heavy atom. The van der Waals surface area contributed by atoms with Crippen LogP contribution >= 0.6 is 0 Å². The summed E-state index contributed by atoms with van der Waals surface area (Å²) in [7, 11) is 0. The highest BCUT2D eigenvalue weighted by molar-refractivity contribution is 6.31. The number of Topliss-reactive ketones (excluding diaryl/α,β-unsaturated/α-hetero) is 2. The van der Waals surface area contributed by atoms with Crippen LogP contribution in [-0.2, 0) is 15.0 Å². The van der Waals surface area contributed by atoms with Crippen LogP contribution in [0.4, 0.5) is 0 Å². The van der Waals surface area contributed by atoms with Crippen molar-refractivity contribution in [3.8, 4) is 17.2 Å². The molecule has 1 aromatic carbocycles. The monoisotopic (exact) mass is 488 g/mol. The van der Waals surface area contributed by atoms with Crippen LogP contribution in [0.15, 0.2) is 47.5 Å². The number of aromatic nitrogens is 3. The number of hydrogen-bond donors (Lipinski definition) is 3. The molecule has 0 saturated heterocycles. The normalized spacial score (nSPS) is 21.0. The number of allylic oxidation sites excluding steroid dienone is 4. The lowest BCUT2D eigenvalue weighted by Gasteiger charge is -2.29. The molecule has 0 amide bonds. The molecular weight excluding hydrogens is 464 g/mol. The van der Waals surface area contributed by atoms with E-state index in [2.05, 4.69) is 15.5 Å². The molecule has 0 unspecified atom stereocenters. The Morgan fingerprint density at radius 2 is 1.89 bits per heavy atom. The second-order valence-corrected chi connectivity index (χ2v) is 9.24. The van der Waals surface area contributed by atoms with Gasteiger partial charge in [-0.2, -0.15) is 0 Å². The van der Waals surface area contributed by atoms with Gasteiger partial charge in [0.1, 0.15) is 34.0 Å². The number of pyridine rings is 1. The maximum Gasteiger partial charge on any atom is 0.194 e. The van der Waals surface area contributed by atoms with Crippen LogP contribution in [-0.4, -0.2) is 42.2 Å². The first-order chi connectivity index (χ1) is 17.0. The second kappa shape index (κ2) is 7.77. The van der Waals surface area contributed by atoms with Crippen molar-refractivity contribution in [3.05, 3.63) is 70.0 Å². The quantitative estimate of drug-likeness (QED) is 0.287. The van der Waals surface area contributed by atoms with Crippen molar-refractivity contribution in [1.82, 2.24) is 19.9 Å². The summed E-state index contributed by atoms with van der Waals surface area (Å²) in [5.74, 6) is -2.01. The Bertz CT molecular complexity index is 1580. The largest absolute Gasteiger partial charge is 0.507 e. The Morgan fingerprint density at radius 3 is 2.58 bits per heavy atom. The standard InChI is InChI=1S/C26H24N4O6/c1-11-21(33)19(14(4)31)23-20(22(11)34)26(5)16(36-23)10-15(32)18(24(26)35)12(2)27-13(3)25-29-28-17-8-6-7-9-30(17)25/h6-10,13,27,33-34H,1-5H3/b18-12+/t13-,26+/m1/s1. The zero-order valence-electron chi connectivity index (χ0n) is 20.3. The van der Waals surface area contributed by atoms with Gasteiger partial charge in [-0.05, 0) is 46.8 Å². The molecule has 36 heavy (non-hydrogen) atoms. The number of carbonyl (C=O) groups is 3. The topological polar surface area (TPSA) is 143 Å². The summed E-state index contributed by atoms with van der Waals surface area (Å²) >= 11 is 0. The molecule has 3 N–H and O–H groups in total. The Labute approximate surface area is 205 Å². The van der Waals surface area contributed by atoms with Crippen molar-refractivity contribution >= 4 is 23.0 Å². The predicted molar refractivity (Wildman–Crippen MR) is 128 cm³/mol. The van der Waals surface area contributed by atoms with Crippen LogP contribution in [0.1, 0.15) is 61.0 Å². The number of benzene rings is 1. The summed E-state index contributed by atoms with van der Waals surface area (Å²) in [4.78, 5) is 39.4. The van der Waals surface area contributed by atoms with Gasteiger partial charge in [-0.25, -0.2) is 0 Å². The average Bonchev–Trinajstić information content (AvgIpc) is 3.37. The van der Waals surface area contributed by atoms with Gasteiger partial charge in [0.2, 0.25) is 0 Å². The predicted octanol–water partition coefficient (Wildman–Crippen LogP) is 2.96. The highest BCUT2D eigenvalue weighted by atomic mass is 16.5. The number of nitrogens with zero attached hydrogens (tertiary/aromatic N) is 3. The fraction of sp³-hybridized carbons (Fsp3) is 0.269. The number of fused-ring (bicyclic) bond motifs is 4. The maximum atomic E-state index is 13.9. The van der Waals surface area contributed by atoms with E-state index in [1.54, 1.807) is 11.3 Å². The molecule has 184 valence electrons. The van der Waals surface area contributed by atoms with Crippen LogP contribution in [0.3, 0.4) is 0 Å². The van der Waals surface area contributed by atoms with Crippen molar-refractivity contribution in [2.24, 2.45) is 0 Å². The number of ketones is 3. The Balaban J connectivity index is 1.61. The molecule has 2 aromatic heterocycles. The van der Waals surface area contributed by atoms with Crippen LogP contribution in [0.25, 0.3) is 5.65 Å². The third-order valence-electron chi connectivity index (χ3n) is 6.92. The minimum absolute atomic E-state index is 0.0108. The van der Waals surface area contributed by atoms with E-state index in [0.29, 0.717) is 17.2 Å². The van der Waals surface area contributed by atoms with E-state index in [1.165, 1.54) is 26.8 Å². The van der Waals surface area contributed by atoms with E-state index < -0.39 is 34.6 Å². The number of hydrogen-bond acceptors (Lipinski definition) is 9. The number of nitrogens with one attached hydrogen (secondary N) is 1. The molecule has 2 atom stereocenters. The smallest absolute Gasteiger partial charge is 0.194 e. The maximum absolute atomic E-state index is 13.9. The number of phenolic OH excluding ortho intramolecular Hbond substituents is 2. The lowest BCUT2D eigenvalue weighted by Crippen LogP contribution is -2.41. The van der Waals surface area contributed by atoms with E-state index in [-0.39, 0.29) is 39.5 Å². The number of carbonyl (C=O) groups excluding carboxylic acids is 3. The minimum Gasteiger partial charge on any atom is -0.507 e. The zero-order chi connectivity index (χ0) is 26.1. The molecule has 5 rings (SSSR count). The van der Waals surface area contributed by atoms with Crippen molar-refractivity contribution in [3.63, 3.8) is 0 Å². The highest BCUT2D eigenvalue weighted by Crippen LogP contribution is 2.57. The molecule has 0 spiro atoms. The zero-order valence-corrected chi connectivity index (χ0v) is 20.3. The summed E-state index contributed by atoms with van der Waals surface area (Å²) in [5, 5.41) is 33.0. The van der Waals surface area contributed by atoms with Crippen LogP contribution in [0.5, 0.6) is 17.2 Å². The van der Waals surface area contributed by atoms with Crippen LogP contribution < -0.4 is 10.1 Å². The van der Waals surface area contributed by atoms with Gasteiger partial charge in [0.15, 0.2) is 28.8 Å². The molecule has 0 fully saturated rings. The van der Waals surface area contributed by atoms with Gasteiger partial charge in [-0.3, -0.25) is 18.8 Å². The fourth-order valence-electron chi connectivity index (χ4n) is 4.98. The molecule has 3 heterocycles. The molecule has 0 bridgehead atoms. The van der Waals surface area contributed by atoms with Gasteiger partial charge in [0, 0.05) is 23.5 Å². The number of aromatic hydroxyl groups is 2. The summed E-state index contributed by atoms with van der Waals surface area (Å²) < 4.78 is 7.60. The molecule has 3 aromatic rings. The molecule has 0 radical (unpaired) electrons. The molecule has 0 saturated carbocycles. The fourth-order valence-corrected chi connectivity index (χ4v) is 4.98. The van der Waals surface area contributed by atoms with E-state index in [4.69, 9.17) is 4.74 Å². The van der Waals surface area contributed by atoms with Crippen molar-refractivity contribution in [1.29, 1.82) is 0 Å². The van der Waals surface area contributed by atoms with Crippen LogP contribution in [0, 0.1) is 6.92 Å². The lowest BCUT2D eigenvalue weighted by molar-refractivity contribution is -0.123. The van der Waals surface area contributed by atoms with Gasteiger partial charge in [-0.15, -0.1) is 10.2 Å². The molecule has 10 heteroatoms. The number of ether oxygens (including phenoxy) is 1. The van der Waals surface area contributed by atoms with Gasteiger partial charge in [0.05, 0.1) is 17.2 Å². The van der Waals surface area contributed by atoms with E-state index >= 15 is 0 Å². The summed E-state index contributed by atoms with van der Waals surface area (Å²) in [6.45, 7) is 7.67. The first-order valence-corrected chi connectivity index (χ1v) is 11.3. The Hall–Kier alpha value is -4.47. The van der Waals surface area contributed by atoms with Crippen molar-refractivity contribution < 1.29 is 29.3 Å². The summed E-state index contributed by atoms with van der Waals surface area (Å²) in [6, 6.07) is 5.10. The van der Waals surface area contributed by atoms with Gasteiger partial charge in [0.25, 0.3) is 0 Å². The third kappa shape index (κ3) is 3.00. The van der Waals surface area contributed by atoms with Gasteiger partial charge >= 0.3 is 0 Å². The molecule has 1 aliphatic heterocycles. The van der Waals surface area contributed by atoms with Crippen LogP contribution in [0.2, 0.25) is 0 Å². The summed E-state index contributed by atoms with van der Waals surface area (Å²) in [6.07, 6.45) is 3.01. The minimum atomic E-state index is -1.57. The summed E-state index contributed by atoms with van der Waals surface area (Å²) in [5.41, 5.74) is -0.754. The van der Waals surface area contributed by atoms with Gasteiger partial charge < -0.3 is 20.3 Å². The first-order valence-electron chi connectivity index (χ1n) is 11.3. The lowest BCUT2D eigenvalue weighted by atomic mass is 9.70. The SMILES string of the molecule is CC(=O)c1c(O)c(C)c(O)c2c1OC1=CC(=O)/C(=C(/C)N[C@H](C)c3nnc4ccccn34)C(=O)[C@@]12C. The second-order valence-electron chi connectivity index (χ2n) is 9.24. The third-order valence-corrected chi connectivity index (χ3v) is 6.92. The molecule has 1 aliphatic carbocycles. The number of rotatable bonds is 4. The van der Waals surface area contributed by atoms with Gasteiger partial charge in [-0.1, -0.05) is 6.07 Å². The molecule has 2 aliphatic rings. The average molecular weight is 489 g/mol. The van der Waals surface area contributed by atoms with Crippen molar-refractivity contribution in [2.45, 2.75) is 46.1 Å². The highest BCUT2D eigenvalue weighted by Gasteiger charge is 2.56. The van der Waals surface area contributed by atoms with Crippen molar-refractivity contribution in [2.75, 3.05) is 0 Å². The first kappa shape index (κ1) is 23.3.